The van der Waals surface area contributed by atoms with Gasteiger partial charge in [0.1, 0.15) is 0 Å². The molecule has 0 radical (unpaired) electrons. The quantitative estimate of drug-likeness (QED) is 0.788. The normalized spacial score (nSPS) is 37.4. The molecular weight excluding hydrogens is 288 g/mol. The molecule has 0 spiro atoms. The number of furan rings is 1. The summed E-state index contributed by atoms with van der Waals surface area (Å²) in [5, 5.41) is 9.85. The van der Waals surface area contributed by atoms with Crippen LogP contribution in [-0.4, -0.2) is 11.1 Å². The Morgan fingerprint density at radius 3 is 2.87 bits per heavy atom. The van der Waals surface area contributed by atoms with E-state index in [0.717, 1.165) is 44.9 Å². The van der Waals surface area contributed by atoms with Crippen molar-refractivity contribution in [1.29, 1.82) is 0 Å². The van der Waals surface area contributed by atoms with Crippen LogP contribution in [0.2, 0.25) is 0 Å². The van der Waals surface area contributed by atoms with Gasteiger partial charge in [-0.05, 0) is 74.3 Å². The second-order valence-electron chi connectivity index (χ2n) is 8.05. The Kier molecular flexibility index (Phi) is 4.16. The highest BCUT2D eigenvalue weighted by Gasteiger charge is 2.57. The Hall–Kier alpha value is -1.51. The lowest BCUT2D eigenvalue weighted by Gasteiger charge is -2.57. The maximum atomic E-state index is 12.0. The molecule has 0 aliphatic heterocycles. The lowest BCUT2D eigenvalue weighted by atomic mass is 9.46. The highest BCUT2D eigenvalue weighted by Crippen LogP contribution is 2.61. The van der Waals surface area contributed by atoms with Gasteiger partial charge in [0.25, 0.3) is 0 Å². The van der Waals surface area contributed by atoms with Crippen LogP contribution in [0.3, 0.4) is 0 Å². The summed E-state index contributed by atoms with van der Waals surface area (Å²) in [4.78, 5) is 12.0. The van der Waals surface area contributed by atoms with E-state index in [1.165, 1.54) is 11.1 Å². The molecule has 0 amide bonds. The van der Waals surface area contributed by atoms with Crippen molar-refractivity contribution in [3.8, 4) is 0 Å². The van der Waals surface area contributed by atoms with Gasteiger partial charge in [-0.15, -0.1) is 0 Å². The van der Waals surface area contributed by atoms with Crippen LogP contribution in [0.5, 0.6) is 0 Å². The van der Waals surface area contributed by atoms with Crippen molar-refractivity contribution in [3.05, 3.63) is 36.3 Å². The van der Waals surface area contributed by atoms with Crippen molar-refractivity contribution >= 4 is 5.97 Å². The smallest absolute Gasteiger partial charge is 0.309 e. The van der Waals surface area contributed by atoms with Gasteiger partial charge in [-0.2, -0.15) is 0 Å². The summed E-state index contributed by atoms with van der Waals surface area (Å²) < 4.78 is 5.18. The monoisotopic (exact) mass is 316 g/mol. The van der Waals surface area contributed by atoms with Crippen molar-refractivity contribution in [2.45, 2.75) is 58.8 Å². The van der Waals surface area contributed by atoms with E-state index in [1.807, 2.05) is 19.3 Å². The lowest BCUT2D eigenvalue weighted by Crippen LogP contribution is -2.53. The van der Waals surface area contributed by atoms with E-state index in [0.29, 0.717) is 5.92 Å². The molecule has 2 fully saturated rings. The maximum Gasteiger partial charge on any atom is 0.309 e. The number of hydrogen-bond donors (Lipinski definition) is 1. The molecule has 2 aliphatic rings. The third kappa shape index (κ3) is 2.64. The standard InChI is InChI=1S/C20H28O3/c1-14-5-8-17-19(2,10-4-11-20(17,3)18(21)22)16(14)7-6-15-9-12-23-13-15/h9,12-13,16-17H,1,4-8,10-11H2,2-3H3,(H,21,22)/t16-,17?,19+,20?/m0/s1. The number of allylic oxidation sites excluding steroid dienone is 1. The molecule has 0 saturated heterocycles. The van der Waals surface area contributed by atoms with Gasteiger partial charge >= 0.3 is 5.97 Å². The minimum atomic E-state index is -0.616. The number of aryl methyl sites for hydroxylation is 1. The summed E-state index contributed by atoms with van der Waals surface area (Å²) in [5.74, 6) is 0.0470. The molecule has 1 heterocycles. The molecule has 3 nitrogen and oxygen atoms in total. The van der Waals surface area contributed by atoms with Gasteiger partial charge in [0.05, 0.1) is 17.9 Å². The number of rotatable bonds is 4. The molecule has 1 aromatic heterocycles. The predicted octanol–water partition coefficient (Wildman–Crippen LogP) is 5.08. The van der Waals surface area contributed by atoms with Crippen LogP contribution in [-0.2, 0) is 11.2 Å². The molecule has 2 unspecified atom stereocenters. The zero-order valence-electron chi connectivity index (χ0n) is 14.3. The minimum absolute atomic E-state index is 0.0600. The maximum absolute atomic E-state index is 12.0. The largest absolute Gasteiger partial charge is 0.481 e. The van der Waals surface area contributed by atoms with Crippen LogP contribution in [0.1, 0.15) is 57.9 Å². The van der Waals surface area contributed by atoms with Gasteiger partial charge in [-0.1, -0.05) is 25.5 Å². The van der Waals surface area contributed by atoms with Crippen molar-refractivity contribution in [1.82, 2.24) is 0 Å². The number of carboxylic acids is 1. The molecule has 3 rings (SSSR count). The molecule has 0 aromatic carbocycles. The first-order valence-corrected chi connectivity index (χ1v) is 8.80. The van der Waals surface area contributed by atoms with Gasteiger partial charge in [-0.3, -0.25) is 4.79 Å². The fraction of sp³-hybridized carbons (Fsp3) is 0.650. The Morgan fingerprint density at radius 1 is 1.43 bits per heavy atom. The SMILES string of the molecule is C=C1CCC2C(C)(C(=O)O)CCC[C@]2(C)[C@H]1CCc1ccoc1. The molecule has 126 valence electrons. The molecule has 0 bridgehead atoms. The summed E-state index contributed by atoms with van der Waals surface area (Å²) in [5.41, 5.74) is 2.02. The van der Waals surface area contributed by atoms with Gasteiger partial charge < -0.3 is 9.52 Å². The first-order chi connectivity index (χ1) is 10.9. The molecule has 1 N–H and O–H groups in total. The Labute approximate surface area is 138 Å². The van der Waals surface area contributed by atoms with Gasteiger partial charge in [0.2, 0.25) is 0 Å². The number of hydrogen-bond acceptors (Lipinski definition) is 2. The van der Waals surface area contributed by atoms with Gasteiger partial charge in [0, 0.05) is 0 Å². The van der Waals surface area contributed by atoms with E-state index in [-0.39, 0.29) is 11.3 Å². The zero-order chi connectivity index (χ0) is 16.7. The number of aliphatic carboxylic acids is 1. The summed E-state index contributed by atoms with van der Waals surface area (Å²) in [6.07, 6.45) is 10.4. The zero-order valence-corrected chi connectivity index (χ0v) is 14.3. The van der Waals surface area contributed by atoms with Crippen LogP contribution < -0.4 is 0 Å². The number of carboxylic acid groups (broad SMARTS) is 1. The average Bonchev–Trinajstić information content (AvgIpc) is 2.99. The summed E-state index contributed by atoms with van der Waals surface area (Å²) >= 11 is 0. The fourth-order valence-corrected chi connectivity index (χ4v) is 5.48. The van der Waals surface area contributed by atoms with Crippen LogP contribution >= 0.6 is 0 Å². The van der Waals surface area contributed by atoms with E-state index in [9.17, 15) is 9.90 Å². The summed E-state index contributed by atoms with van der Waals surface area (Å²) in [6.45, 7) is 8.65. The van der Waals surface area contributed by atoms with Crippen molar-refractivity contribution in [2.75, 3.05) is 0 Å². The first-order valence-electron chi connectivity index (χ1n) is 8.80. The van der Waals surface area contributed by atoms with E-state index in [2.05, 4.69) is 13.5 Å². The Bertz CT molecular complexity index is 588. The van der Waals surface area contributed by atoms with E-state index in [1.54, 1.807) is 6.26 Å². The predicted molar refractivity (Wildman–Crippen MR) is 90.1 cm³/mol. The summed E-state index contributed by atoms with van der Waals surface area (Å²) in [6, 6.07) is 2.02. The highest BCUT2D eigenvalue weighted by molar-refractivity contribution is 5.75. The topological polar surface area (TPSA) is 50.4 Å². The lowest BCUT2D eigenvalue weighted by molar-refractivity contribution is -0.164. The van der Waals surface area contributed by atoms with Crippen LogP contribution in [0.15, 0.2) is 35.2 Å². The molecule has 4 atom stereocenters. The van der Waals surface area contributed by atoms with E-state index < -0.39 is 11.4 Å². The molecule has 3 heteroatoms. The van der Waals surface area contributed by atoms with E-state index in [4.69, 9.17) is 4.42 Å². The molecule has 2 aliphatic carbocycles. The third-order valence-corrected chi connectivity index (χ3v) is 6.81. The van der Waals surface area contributed by atoms with Crippen molar-refractivity contribution in [2.24, 2.45) is 22.7 Å². The van der Waals surface area contributed by atoms with Gasteiger partial charge in [0.15, 0.2) is 0 Å². The molecule has 1 aromatic rings. The second-order valence-corrected chi connectivity index (χ2v) is 8.05. The van der Waals surface area contributed by atoms with Crippen molar-refractivity contribution < 1.29 is 14.3 Å². The minimum Gasteiger partial charge on any atom is -0.481 e. The number of carbonyl (C=O) groups is 1. The highest BCUT2D eigenvalue weighted by atomic mass is 16.4. The molecular formula is C20H28O3. The molecule has 23 heavy (non-hydrogen) atoms. The summed E-state index contributed by atoms with van der Waals surface area (Å²) in [7, 11) is 0. The number of fused-ring (bicyclic) bond motifs is 1. The average molecular weight is 316 g/mol. The van der Waals surface area contributed by atoms with Crippen LogP contribution in [0, 0.1) is 22.7 Å². The van der Waals surface area contributed by atoms with Crippen LogP contribution in [0.25, 0.3) is 0 Å². The van der Waals surface area contributed by atoms with Crippen molar-refractivity contribution in [3.63, 3.8) is 0 Å². The van der Waals surface area contributed by atoms with Crippen LogP contribution in [0.4, 0.5) is 0 Å². The van der Waals surface area contributed by atoms with Gasteiger partial charge in [-0.25, -0.2) is 0 Å². The Morgan fingerprint density at radius 2 is 2.22 bits per heavy atom. The molecule has 2 saturated carbocycles. The third-order valence-electron chi connectivity index (χ3n) is 6.81. The Balaban J connectivity index is 1.86. The first kappa shape index (κ1) is 16.4. The fourth-order valence-electron chi connectivity index (χ4n) is 5.48. The second kappa shape index (κ2) is 5.85. The van der Waals surface area contributed by atoms with E-state index >= 15 is 0 Å².